The molecule has 0 aromatic heterocycles. The monoisotopic (exact) mass is 270 g/mol. The van der Waals surface area contributed by atoms with Gasteiger partial charge in [0, 0.05) is 31.7 Å². The molecule has 2 heteroatoms. The van der Waals surface area contributed by atoms with E-state index < -0.39 is 0 Å². The molecule has 1 saturated carbocycles. The number of hydrogen-bond donors (Lipinski definition) is 1. The summed E-state index contributed by atoms with van der Waals surface area (Å²) in [5.74, 6) is 0. The Morgan fingerprint density at radius 2 is 1.90 bits per heavy atom. The lowest BCUT2D eigenvalue weighted by molar-refractivity contribution is 0.0380. The predicted octanol–water partition coefficient (Wildman–Crippen LogP) is 3.31. The van der Waals surface area contributed by atoms with E-state index in [4.69, 9.17) is 0 Å². The average molecular weight is 270 g/mol. The van der Waals surface area contributed by atoms with Crippen LogP contribution in [0.15, 0.2) is 36.4 Å². The first-order chi connectivity index (χ1) is 9.89. The van der Waals surface area contributed by atoms with Crippen molar-refractivity contribution in [2.75, 3.05) is 26.2 Å². The topological polar surface area (TPSA) is 15.3 Å². The van der Waals surface area contributed by atoms with Crippen molar-refractivity contribution in [1.82, 2.24) is 10.2 Å². The van der Waals surface area contributed by atoms with Crippen molar-refractivity contribution >= 4 is 6.08 Å². The van der Waals surface area contributed by atoms with Crippen LogP contribution in [0.2, 0.25) is 0 Å². The highest BCUT2D eigenvalue weighted by Gasteiger charge is 2.38. The van der Waals surface area contributed by atoms with Gasteiger partial charge in [-0.3, -0.25) is 4.90 Å². The molecule has 1 aliphatic carbocycles. The molecule has 0 bridgehead atoms. The third-order valence-electron chi connectivity index (χ3n) is 4.90. The molecule has 2 nitrogen and oxygen atoms in total. The van der Waals surface area contributed by atoms with Crippen LogP contribution >= 0.6 is 0 Å². The SMILES string of the molecule is C(=Cc1ccccc1)CN1CCNCC12CCCCC2. The van der Waals surface area contributed by atoms with E-state index in [0.717, 1.165) is 13.1 Å². The number of benzene rings is 1. The molecule has 3 rings (SSSR count). The molecule has 108 valence electrons. The molecule has 20 heavy (non-hydrogen) atoms. The first-order valence-corrected chi connectivity index (χ1v) is 8.06. The minimum absolute atomic E-state index is 0.442. The highest BCUT2D eigenvalue weighted by molar-refractivity contribution is 5.48. The van der Waals surface area contributed by atoms with Gasteiger partial charge in [-0.2, -0.15) is 0 Å². The van der Waals surface area contributed by atoms with E-state index in [2.05, 4.69) is 52.7 Å². The molecule has 0 amide bonds. The molecule has 1 heterocycles. The molecule has 1 aromatic carbocycles. The summed E-state index contributed by atoms with van der Waals surface area (Å²) in [6, 6.07) is 10.6. The molecule has 2 fully saturated rings. The molecule has 0 unspecified atom stereocenters. The Hall–Kier alpha value is -1.12. The molecule has 1 saturated heterocycles. The summed E-state index contributed by atoms with van der Waals surface area (Å²) < 4.78 is 0. The first-order valence-electron chi connectivity index (χ1n) is 8.06. The molecule has 0 radical (unpaired) electrons. The van der Waals surface area contributed by atoms with Crippen LogP contribution in [0.5, 0.6) is 0 Å². The van der Waals surface area contributed by atoms with Crippen LogP contribution in [0.1, 0.15) is 37.7 Å². The van der Waals surface area contributed by atoms with E-state index >= 15 is 0 Å². The summed E-state index contributed by atoms with van der Waals surface area (Å²) in [7, 11) is 0. The maximum Gasteiger partial charge on any atom is 0.0337 e. The molecule has 2 aliphatic rings. The van der Waals surface area contributed by atoms with E-state index in [1.54, 1.807) is 0 Å². The maximum atomic E-state index is 3.62. The zero-order valence-corrected chi connectivity index (χ0v) is 12.4. The molecule has 1 spiro atoms. The lowest BCUT2D eigenvalue weighted by atomic mass is 9.79. The van der Waals surface area contributed by atoms with Crippen LogP contribution in [-0.4, -0.2) is 36.6 Å². The van der Waals surface area contributed by atoms with Crippen molar-refractivity contribution in [3.8, 4) is 0 Å². The molecule has 0 atom stereocenters. The average Bonchev–Trinajstić information content (AvgIpc) is 2.51. The van der Waals surface area contributed by atoms with Crippen molar-refractivity contribution in [1.29, 1.82) is 0 Å². The third kappa shape index (κ3) is 3.13. The second-order valence-corrected chi connectivity index (χ2v) is 6.22. The van der Waals surface area contributed by atoms with E-state index in [0.29, 0.717) is 5.54 Å². The van der Waals surface area contributed by atoms with Crippen molar-refractivity contribution in [2.24, 2.45) is 0 Å². The Bertz CT molecular complexity index is 424. The Morgan fingerprint density at radius 3 is 2.70 bits per heavy atom. The maximum absolute atomic E-state index is 3.62. The molecular weight excluding hydrogens is 244 g/mol. The van der Waals surface area contributed by atoms with Gasteiger partial charge in [0.05, 0.1) is 0 Å². The number of hydrogen-bond acceptors (Lipinski definition) is 2. The smallest absolute Gasteiger partial charge is 0.0337 e. The van der Waals surface area contributed by atoms with Crippen molar-refractivity contribution in [2.45, 2.75) is 37.6 Å². The third-order valence-corrected chi connectivity index (χ3v) is 4.90. The van der Waals surface area contributed by atoms with E-state index in [9.17, 15) is 0 Å². The number of rotatable bonds is 3. The summed E-state index contributed by atoms with van der Waals surface area (Å²) >= 11 is 0. The van der Waals surface area contributed by atoms with Gasteiger partial charge in [0.15, 0.2) is 0 Å². The standard InChI is InChI=1S/C18H26N2/c1-3-8-17(9-4-1)10-7-14-20-15-13-19-16-18(20)11-5-2-6-12-18/h1,3-4,7-10,19H,2,5-6,11-16H2. The predicted molar refractivity (Wildman–Crippen MR) is 85.7 cm³/mol. The summed E-state index contributed by atoms with van der Waals surface area (Å²) in [6.45, 7) is 4.61. The largest absolute Gasteiger partial charge is 0.314 e. The molecule has 1 N–H and O–H groups in total. The second kappa shape index (κ2) is 6.55. The van der Waals surface area contributed by atoms with Gasteiger partial charge >= 0.3 is 0 Å². The Morgan fingerprint density at radius 1 is 1.10 bits per heavy atom. The molecule has 1 aliphatic heterocycles. The fourth-order valence-corrected chi connectivity index (χ4v) is 3.75. The highest BCUT2D eigenvalue weighted by Crippen LogP contribution is 2.34. The zero-order valence-electron chi connectivity index (χ0n) is 12.4. The van der Waals surface area contributed by atoms with Gasteiger partial charge in [-0.15, -0.1) is 0 Å². The van der Waals surface area contributed by atoms with Gasteiger partial charge in [-0.1, -0.05) is 61.7 Å². The number of nitrogens with zero attached hydrogens (tertiary/aromatic N) is 1. The lowest BCUT2D eigenvalue weighted by Gasteiger charge is -2.49. The van der Waals surface area contributed by atoms with Crippen LogP contribution in [-0.2, 0) is 0 Å². The fourth-order valence-electron chi connectivity index (χ4n) is 3.75. The Balaban J connectivity index is 1.64. The summed E-state index contributed by atoms with van der Waals surface area (Å²) in [6.07, 6.45) is 11.6. The van der Waals surface area contributed by atoms with Crippen LogP contribution in [0.25, 0.3) is 6.08 Å². The summed E-state index contributed by atoms with van der Waals surface area (Å²) in [4.78, 5) is 2.72. The normalized spacial score (nSPS) is 23.4. The van der Waals surface area contributed by atoms with Crippen LogP contribution in [0, 0.1) is 0 Å². The van der Waals surface area contributed by atoms with Gasteiger partial charge in [0.1, 0.15) is 0 Å². The van der Waals surface area contributed by atoms with Crippen LogP contribution in [0.3, 0.4) is 0 Å². The van der Waals surface area contributed by atoms with Gasteiger partial charge in [0.2, 0.25) is 0 Å². The van der Waals surface area contributed by atoms with Gasteiger partial charge in [-0.05, 0) is 18.4 Å². The lowest BCUT2D eigenvalue weighted by Crippen LogP contribution is -2.61. The van der Waals surface area contributed by atoms with Crippen LogP contribution < -0.4 is 5.32 Å². The van der Waals surface area contributed by atoms with Crippen molar-refractivity contribution < 1.29 is 0 Å². The molecule has 1 aromatic rings. The number of nitrogens with one attached hydrogen (secondary N) is 1. The van der Waals surface area contributed by atoms with Gasteiger partial charge in [-0.25, -0.2) is 0 Å². The van der Waals surface area contributed by atoms with Crippen molar-refractivity contribution in [3.05, 3.63) is 42.0 Å². The highest BCUT2D eigenvalue weighted by atomic mass is 15.3. The van der Waals surface area contributed by atoms with E-state index in [1.165, 1.54) is 50.8 Å². The Labute approximate surface area is 122 Å². The Kier molecular flexibility index (Phi) is 4.54. The number of piperazine rings is 1. The zero-order chi connectivity index (χ0) is 13.7. The van der Waals surface area contributed by atoms with Crippen molar-refractivity contribution in [3.63, 3.8) is 0 Å². The van der Waals surface area contributed by atoms with Crippen LogP contribution in [0.4, 0.5) is 0 Å². The summed E-state index contributed by atoms with van der Waals surface area (Å²) in [5.41, 5.74) is 1.75. The van der Waals surface area contributed by atoms with E-state index in [1.807, 2.05) is 0 Å². The van der Waals surface area contributed by atoms with Gasteiger partial charge in [0.25, 0.3) is 0 Å². The minimum Gasteiger partial charge on any atom is -0.314 e. The van der Waals surface area contributed by atoms with E-state index in [-0.39, 0.29) is 0 Å². The molecular formula is C18H26N2. The first kappa shape index (κ1) is 13.8. The minimum atomic E-state index is 0.442. The fraction of sp³-hybridized carbons (Fsp3) is 0.556. The second-order valence-electron chi connectivity index (χ2n) is 6.22. The quantitative estimate of drug-likeness (QED) is 0.906. The van der Waals surface area contributed by atoms with Gasteiger partial charge < -0.3 is 5.32 Å². The summed E-state index contributed by atoms with van der Waals surface area (Å²) in [5, 5.41) is 3.62.